The zero-order chi connectivity index (χ0) is 35.7. The van der Waals surface area contributed by atoms with E-state index in [4.69, 9.17) is 11.0 Å². The van der Waals surface area contributed by atoms with E-state index in [1.54, 1.807) is 0 Å². The topological polar surface area (TPSA) is 186 Å². The van der Waals surface area contributed by atoms with Crippen LogP contribution in [0.1, 0.15) is 91.4 Å². The van der Waals surface area contributed by atoms with Gasteiger partial charge in [-0.1, -0.05) is 46.1 Å². The van der Waals surface area contributed by atoms with Gasteiger partial charge in [0.15, 0.2) is 11.1 Å². The third kappa shape index (κ3) is 13.7. The molecular formula is C34H56N6O7S. The van der Waals surface area contributed by atoms with Crippen molar-refractivity contribution in [1.29, 1.82) is 0 Å². The van der Waals surface area contributed by atoms with Crippen LogP contribution in [-0.4, -0.2) is 99.3 Å². The van der Waals surface area contributed by atoms with Gasteiger partial charge in [0.1, 0.15) is 12.1 Å². The maximum Gasteiger partial charge on any atom is 0.315 e. The molecular weight excluding hydrogens is 636 g/mol. The molecule has 0 aromatic heterocycles. The normalized spacial score (nSPS) is 19.2. The zero-order valence-corrected chi connectivity index (χ0v) is 29.6. The molecule has 14 heteroatoms. The maximum atomic E-state index is 14.1. The lowest BCUT2D eigenvalue weighted by atomic mass is 9.83. The van der Waals surface area contributed by atoms with Crippen LogP contribution < -0.4 is 26.6 Å². The van der Waals surface area contributed by atoms with Gasteiger partial charge in [0, 0.05) is 37.8 Å². The summed E-state index contributed by atoms with van der Waals surface area (Å²) < 4.78 is 19.9. The Morgan fingerprint density at radius 1 is 1.04 bits per heavy atom. The van der Waals surface area contributed by atoms with Crippen molar-refractivity contribution in [3.8, 4) is 12.3 Å². The van der Waals surface area contributed by atoms with Gasteiger partial charge in [0.05, 0.1) is 6.04 Å². The molecule has 13 nitrogen and oxygen atoms in total. The average molecular weight is 693 g/mol. The molecule has 1 saturated heterocycles. The van der Waals surface area contributed by atoms with Crippen LogP contribution in [0.5, 0.6) is 0 Å². The molecule has 270 valence electrons. The van der Waals surface area contributed by atoms with Gasteiger partial charge in [0.25, 0.3) is 5.91 Å². The van der Waals surface area contributed by atoms with E-state index in [0.29, 0.717) is 38.9 Å². The lowest BCUT2D eigenvalue weighted by molar-refractivity contribution is -0.143. The highest BCUT2D eigenvalue weighted by Gasteiger charge is 2.43. The average Bonchev–Trinajstić information content (AvgIpc) is 3.55. The minimum atomic E-state index is -1.81. The number of Topliss-reactive ketones (excluding diaryl/α,β-unsaturated/α-hetero) is 1. The van der Waals surface area contributed by atoms with Crippen LogP contribution in [-0.2, 0) is 30.3 Å². The molecule has 0 aromatic carbocycles. The van der Waals surface area contributed by atoms with Crippen molar-refractivity contribution in [2.24, 2.45) is 11.3 Å². The second kappa shape index (κ2) is 20.9. The Morgan fingerprint density at radius 3 is 2.38 bits per heavy atom. The Labute approximate surface area is 288 Å². The van der Waals surface area contributed by atoms with Crippen LogP contribution in [0.4, 0.5) is 4.79 Å². The van der Waals surface area contributed by atoms with Crippen LogP contribution in [0.15, 0.2) is 12.7 Å². The van der Waals surface area contributed by atoms with Gasteiger partial charge < -0.3 is 36.0 Å². The van der Waals surface area contributed by atoms with Gasteiger partial charge >= 0.3 is 6.03 Å². The van der Waals surface area contributed by atoms with Crippen LogP contribution in [0.25, 0.3) is 0 Å². The highest BCUT2D eigenvalue weighted by molar-refractivity contribution is 7.79. The summed E-state index contributed by atoms with van der Waals surface area (Å²) in [6.07, 6.45) is 14.6. The number of amides is 5. The lowest BCUT2D eigenvalue weighted by Crippen LogP contribution is -2.61. The number of likely N-dealkylation sites (tertiary alicyclic amines) is 1. The molecule has 0 spiro atoms. The van der Waals surface area contributed by atoms with Crippen molar-refractivity contribution in [2.75, 3.05) is 31.9 Å². The van der Waals surface area contributed by atoms with E-state index in [1.165, 1.54) is 11.0 Å². The monoisotopic (exact) mass is 692 g/mol. The third-order valence-electron chi connectivity index (χ3n) is 8.89. The highest BCUT2D eigenvalue weighted by atomic mass is 32.2. The van der Waals surface area contributed by atoms with Gasteiger partial charge in [-0.25, -0.2) is 9.00 Å². The maximum absolute atomic E-state index is 14.1. The number of carbonyl (C=O) groups is 5. The zero-order valence-electron chi connectivity index (χ0n) is 28.8. The summed E-state index contributed by atoms with van der Waals surface area (Å²) in [5, 5.41) is 14.5. The van der Waals surface area contributed by atoms with Crippen LogP contribution >= 0.6 is 0 Å². The molecule has 1 heterocycles. The quantitative estimate of drug-likeness (QED) is 0.0390. The molecule has 2 aliphatic rings. The summed E-state index contributed by atoms with van der Waals surface area (Å²) in [5.41, 5.74) is -0.696. The predicted octanol–water partition coefficient (Wildman–Crippen LogP) is 2.00. The molecule has 5 atom stereocenters. The number of nitrogens with one attached hydrogen (secondary N) is 5. The van der Waals surface area contributed by atoms with Crippen molar-refractivity contribution in [3.63, 3.8) is 0 Å². The summed E-state index contributed by atoms with van der Waals surface area (Å²) >= 11 is -1.81. The highest BCUT2D eigenvalue weighted by Crippen LogP contribution is 2.28. The molecule has 0 radical (unpaired) electrons. The second-order valence-electron chi connectivity index (χ2n) is 13.7. The van der Waals surface area contributed by atoms with Gasteiger partial charge in [-0.3, -0.25) is 19.2 Å². The van der Waals surface area contributed by atoms with Gasteiger partial charge in [-0.05, 0) is 62.8 Å². The number of ketones is 1. The molecule has 48 heavy (non-hydrogen) atoms. The van der Waals surface area contributed by atoms with Crippen molar-refractivity contribution in [1.82, 2.24) is 31.5 Å². The van der Waals surface area contributed by atoms with Crippen molar-refractivity contribution >= 4 is 40.6 Å². The van der Waals surface area contributed by atoms with E-state index >= 15 is 0 Å². The first-order valence-electron chi connectivity index (χ1n) is 17.1. The minimum absolute atomic E-state index is 0.0657. The first-order valence-corrected chi connectivity index (χ1v) is 18.4. The number of hydrogen-bond acceptors (Lipinski definition) is 7. The van der Waals surface area contributed by atoms with E-state index in [2.05, 4.69) is 39.1 Å². The summed E-state index contributed by atoms with van der Waals surface area (Å²) in [6.45, 7) is 10.6. The molecule has 2 fully saturated rings. The predicted molar refractivity (Wildman–Crippen MR) is 186 cm³/mol. The first-order chi connectivity index (χ1) is 22.8. The van der Waals surface area contributed by atoms with Crippen molar-refractivity contribution < 1.29 is 32.7 Å². The number of unbranched alkanes of at least 4 members (excludes halogenated alkanes) is 1. The Morgan fingerprint density at radius 2 is 1.75 bits per heavy atom. The van der Waals surface area contributed by atoms with Gasteiger partial charge in [-0.2, -0.15) is 0 Å². The number of terminal acetylenes is 1. The fraction of sp³-hybridized carbons (Fsp3) is 0.735. The largest absolute Gasteiger partial charge is 0.346 e. The van der Waals surface area contributed by atoms with Crippen LogP contribution in [0.2, 0.25) is 0 Å². The first kappa shape index (κ1) is 40.9. The third-order valence-corrected chi connectivity index (χ3v) is 9.53. The Balaban J connectivity index is 2.12. The standard InChI is InChI=1S/C34H56N6O7S/c1-6-8-17-25(28(41)31(43)36-19-7-2)37-30(42)27-18-14-21-40(27)32(44)29(34(3,4)5)39-33(45)38-26(24-15-10-9-11-16-24)23-35-20-12-13-22-48(46)47/h1,7,24-27,29,35H,2,8-23H2,3-5H3,(H,36,43)(H,37,42)(H,46,47)(H2,38,39,45)/t25?,26-,27+,29-/m1/s1. The summed E-state index contributed by atoms with van der Waals surface area (Å²) in [4.78, 5) is 67.7. The van der Waals surface area contributed by atoms with Crippen LogP contribution in [0, 0.1) is 23.7 Å². The number of nitrogens with zero attached hydrogens (tertiary/aromatic N) is 1. The van der Waals surface area contributed by atoms with Crippen molar-refractivity contribution in [2.45, 2.75) is 116 Å². The Kier molecular flexibility index (Phi) is 17.8. The van der Waals surface area contributed by atoms with Gasteiger partial charge in [-0.15, -0.1) is 18.9 Å². The van der Waals surface area contributed by atoms with Gasteiger partial charge in [0.2, 0.25) is 17.6 Å². The smallest absolute Gasteiger partial charge is 0.315 e. The van der Waals surface area contributed by atoms with E-state index in [1.807, 2.05) is 20.8 Å². The number of hydrogen-bond donors (Lipinski definition) is 6. The number of carbonyl (C=O) groups excluding carboxylic acids is 5. The molecule has 5 amide bonds. The fourth-order valence-electron chi connectivity index (χ4n) is 6.24. The Bertz CT molecular complexity index is 1180. The molecule has 1 aliphatic heterocycles. The lowest BCUT2D eigenvalue weighted by Gasteiger charge is -2.37. The van der Waals surface area contributed by atoms with E-state index in [0.717, 1.165) is 38.5 Å². The summed E-state index contributed by atoms with van der Waals surface area (Å²) in [7, 11) is 0. The molecule has 6 N–H and O–H groups in total. The number of rotatable bonds is 19. The molecule has 1 saturated carbocycles. The van der Waals surface area contributed by atoms with Crippen molar-refractivity contribution in [3.05, 3.63) is 12.7 Å². The van der Waals surface area contributed by atoms with E-state index in [9.17, 15) is 28.2 Å². The second-order valence-corrected chi connectivity index (χ2v) is 14.8. The van der Waals surface area contributed by atoms with E-state index < -0.39 is 64.2 Å². The number of urea groups is 1. The fourth-order valence-corrected chi connectivity index (χ4v) is 6.69. The molecule has 2 unspecified atom stereocenters. The molecule has 0 aromatic rings. The SMILES string of the molecule is C#CCCC(NC(=O)[C@@H]1CCCN1C(=O)[C@@H](NC(=O)N[C@H](CNCCCCS(=O)O)C1CCCCC1)C(C)(C)C)C(=O)C(=O)NCC=C. The summed E-state index contributed by atoms with van der Waals surface area (Å²) in [6, 6.07) is -3.62. The minimum Gasteiger partial charge on any atom is -0.346 e. The Hall–Kier alpha value is -3.28. The summed E-state index contributed by atoms with van der Waals surface area (Å²) in [5.74, 6) is 0.287. The molecule has 0 bridgehead atoms. The molecule has 1 aliphatic carbocycles. The van der Waals surface area contributed by atoms with Crippen LogP contribution in [0.3, 0.4) is 0 Å². The molecule has 2 rings (SSSR count). The van der Waals surface area contributed by atoms with E-state index in [-0.39, 0.29) is 37.1 Å².